The van der Waals surface area contributed by atoms with E-state index in [9.17, 15) is 4.79 Å². The number of nitrogens with two attached hydrogens (primary N) is 1. The maximum absolute atomic E-state index is 12.6. The van der Waals surface area contributed by atoms with Crippen LogP contribution in [0.2, 0.25) is 0 Å². The zero-order valence-electron chi connectivity index (χ0n) is 17.7. The van der Waals surface area contributed by atoms with Gasteiger partial charge >= 0.3 is 0 Å². The molecule has 6 heteroatoms. The van der Waals surface area contributed by atoms with Gasteiger partial charge in [0.1, 0.15) is 5.75 Å². The molecule has 4 rings (SSSR count). The van der Waals surface area contributed by atoms with Crippen LogP contribution in [0.4, 0.5) is 0 Å². The number of primary amides is 1. The summed E-state index contributed by atoms with van der Waals surface area (Å²) < 4.78 is 11.3. The number of aromatic nitrogens is 1. The Kier molecular flexibility index (Phi) is 6.30. The highest BCUT2D eigenvalue weighted by Crippen LogP contribution is 2.27. The second-order valence-corrected chi connectivity index (χ2v) is 7.88. The fourth-order valence-electron chi connectivity index (χ4n) is 4.05. The van der Waals surface area contributed by atoms with Crippen molar-refractivity contribution in [3.05, 3.63) is 84.2 Å². The molecule has 2 heterocycles. The second kappa shape index (κ2) is 9.29. The Bertz CT molecular complexity index is 1020. The van der Waals surface area contributed by atoms with Gasteiger partial charge in [0.05, 0.1) is 13.7 Å². The number of hydrogen-bond acceptors (Lipinski definition) is 5. The summed E-state index contributed by atoms with van der Waals surface area (Å²) in [6.45, 7) is 2.38. The van der Waals surface area contributed by atoms with Gasteiger partial charge in [0.25, 0.3) is 5.91 Å². The number of ether oxygens (including phenoxy) is 2. The van der Waals surface area contributed by atoms with Crippen LogP contribution in [0, 0.1) is 0 Å². The molecule has 6 nitrogen and oxygen atoms in total. The summed E-state index contributed by atoms with van der Waals surface area (Å²) in [4.78, 5) is 19.0. The number of morpholine rings is 1. The molecule has 1 aromatic heterocycles. The van der Waals surface area contributed by atoms with Crippen molar-refractivity contribution >= 4 is 5.91 Å². The fourth-order valence-corrected chi connectivity index (χ4v) is 4.05. The number of nitrogens with zero attached hydrogens (tertiary/aromatic N) is 2. The smallest absolute Gasteiger partial charge is 0.251 e. The number of carbonyl (C=O) groups is 1. The molecule has 0 radical (unpaired) electrons. The maximum atomic E-state index is 12.6. The fraction of sp³-hybridized carbons (Fsp3) is 0.280. The van der Waals surface area contributed by atoms with E-state index >= 15 is 0 Å². The predicted molar refractivity (Wildman–Crippen MR) is 120 cm³/mol. The Labute approximate surface area is 182 Å². The van der Waals surface area contributed by atoms with Crippen LogP contribution in [0.15, 0.2) is 73.1 Å². The van der Waals surface area contributed by atoms with E-state index in [-0.39, 0.29) is 0 Å². The molecule has 0 spiro atoms. The van der Waals surface area contributed by atoms with E-state index in [2.05, 4.69) is 16.0 Å². The molecule has 0 aliphatic carbocycles. The van der Waals surface area contributed by atoms with Crippen LogP contribution in [-0.2, 0) is 22.5 Å². The quantitative estimate of drug-likeness (QED) is 0.639. The van der Waals surface area contributed by atoms with Crippen molar-refractivity contribution in [2.75, 3.05) is 26.8 Å². The van der Waals surface area contributed by atoms with Gasteiger partial charge in [-0.15, -0.1) is 0 Å². The van der Waals surface area contributed by atoms with Crippen LogP contribution in [-0.4, -0.2) is 48.2 Å². The van der Waals surface area contributed by atoms with Crippen LogP contribution in [0.3, 0.4) is 0 Å². The van der Waals surface area contributed by atoms with Gasteiger partial charge in [0.2, 0.25) is 0 Å². The lowest BCUT2D eigenvalue weighted by atomic mass is 9.90. The van der Waals surface area contributed by atoms with E-state index in [4.69, 9.17) is 15.2 Å². The molecule has 160 valence electrons. The van der Waals surface area contributed by atoms with Gasteiger partial charge in [-0.25, -0.2) is 0 Å². The van der Waals surface area contributed by atoms with E-state index in [1.807, 2.05) is 60.8 Å². The van der Waals surface area contributed by atoms with Crippen molar-refractivity contribution in [3.63, 3.8) is 0 Å². The van der Waals surface area contributed by atoms with E-state index < -0.39 is 11.5 Å². The Hall–Kier alpha value is -3.22. The van der Waals surface area contributed by atoms with Crippen molar-refractivity contribution in [2.45, 2.75) is 18.6 Å². The third kappa shape index (κ3) is 4.93. The Morgan fingerprint density at radius 1 is 1.13 bits per heavy atom. The van der Waals surface area contributed by atoms with Crippen LogP contribution in [0.1, 0.15) is 11.1 Å². The molecule has 0 unspecified atom stereocenters. The third-order valence-electron chi connectivity index (χ3n) is 5.69. The largest absolute Gasteiger partial charge is 0.497 e. The summed E-state index contributed by atoms with van der Waals surface area (Å²) in [7, 11) is 1.65. The molecule has 1 amide bonds. The molecule has 1 aliphatic heterocycles. The molecule has 31 heavy (non-hydrogen) atoms. The minimum atomic E-state index is -1.06. The Morgan fingerprint density at radius 3 is 2.65 bits per heavy atom. The van der Waals surface area contributed by atoms with Gasteiger partial charge in [-0.05, 0) is 40.5 Å². The number of methoxy groups -OCH3 is 1. The van der Waals surface area contributed by atoms with Crippen molar-refractivity contribution in [1.29, 1.82) is 0 Å². The van der Waals surface area contributed by atoms with Crippen LogP contribution in [0.25, 0.3) is 11.1 Å². The molecule has 1 fully saturated rings. The third-order valence-corrected chi connectivity index (χ3v) is 5.69. The number of pyridine rings is 1. The number of amides is 1. The standard InChI is InChI=1S/C25H27N3O3/c1-30-23-9-7-19(8-10-23)17-28-12-13-31-25(18-28,24(26)29)15-20-4-2-5-21(14-20)22-6-3-11-27-16-22/h2-11,14,16H,12-13,15,17-18H2,1H3,(H2,26,29)/t25-/m1/s1. The molecular weight excluding hydrogens is 390 g/mol. The van der Waals surface area contributed by atoms with Gasteiger partial charge in [-0.3, -0.25) is 14.7 Å². The minimum absolute atomic E-state index is 0.426. The number of carbonyl (C=O) groups excluding carboxylic acids is 1. The highest BCUT2D eigenvalue weighted by Gasteiger charge is 2.42. The molecule has 1 atom stereocenters. The normalized spacial score (nSPS) is 19.1. The number of benzene rings is 2. The lowest BCUT2D eigenvalue weighted by Gasteiger charge is -2.41. The molecule has 0 bridgehead atoms. The first-order valence-corrected chi connectivity index (χ1v) is 10.4. The molecule has 2 N–H and O–H groups in total. The topological polar surface area (TPSA) is 77.7 Å². The average Bonchev–Trinajstić information content (AvgIpc) is 2.80. The highest BCUT2D eigenvalue weighted by molar-refractivity contribution is 5.84. The zero-order chi connectivity index (χ0) is 21.7. The molecule has 2 aromatic carbocycles. The molecule has 3 aromatic rings. The van der Waals surface area contributed by atoms with Crippen molar-refractivity contribution < 1.29 is 14.3 Å². The number of rotatable bonds is 7. The lowest BCUT2D eigenvalue weighted by molar-refractivity contribution is -0.157. The van der Waals surface area contributed by atoms with E-state index in [0.717, 1.165) is 41.1 Å². The second-order valence-electron chi connectivity index (χ2n) is 7.88. The molecule has 0 saturated carbocycles. The summed E-state index contributed by atoms with van der Waals surface area (Å²) in [5.74, 6) is 0.393. The maximum Gasteiger partial charge on any atom is 0.251 e. The molecule has 1 saturated heterocycles. The first-order chi connectivity index (χ1) is 15.1. The van der Waals surface area contributed by atoms with Crippen molar-refractivity contribution in [3.8, 4) is 16.9 Å². The molecular formula is C25H27N3O3. The monoisotopic (exact) mass is 417 g/mol. The van der Waals surface area contributed by atoms with Gasteiger partial charge in [-0.1, -0.05) is 42.5 Å². The summed E-state index contributed by atoms with van der Waals surface area (Å²) in [6, 6.07) is 20.0. The highest BCUT2D eigenvalue weighted by atomic mass is 16.5. The summed E-state index contributed by atoms with van der Waals surface area (Å²) in [5.41, 5.74) is 9.06. The van der Waals surface area contributed by atoms with Gasteiger partial charge in [0.15, 0.2) is 5.60 Å². The number of hydrogen-bond donors (Lipinski definition) is 1. The first kappa shape index (κ1) is 21.0. The van der Waals surface area contributed by atoms with Gasteiger partial charge < -0.3 is 15.2 Å². The zero-order valence-corrected chi connectivity index (χ0v) is 17.7. The van der Waals surface area contributed by atoms with Crippen LogP contribution < -0.4 is 10.5 Å². The van der Waals surface area contributed by atoms with Gasteiger partial charge in [-0.2, -0.15) is 0 Å². The van der Waals surface area contributed by atoms with Crippen LogP contribution >= 0.6 is 0 Å². The summed E-state index contributed by atoms with van der Waals surface area (Å²) >= 11 is 0. The minimum Gasteiger partial charge on any atom is -0.497 e. The van der Waals surface area contributed by atoms with E-state index in [1.54, 1.807) is 13.3 Å². The van der Waals surface area contributed by atoms with E-state index in [1.165, 1.54) is 0 Å². The lowest BCUT2D eigenvalue weighted by Crippen LogP contribution is -2.59. The SMILES string of the molecule is COc1ccc(CN2CCO[C@@](Cc3cccc(-c4cccnc4)c3)(C(N)=O)C2)cc1. The Morgan fingerprint density at radius 2 is 1.94 bits per heavy atom. The van der Waals surface area contributed by atoms with Crippen molar-refractivity contribution in [1.82, 2.24) is 9.88 Å². The van der Waals surface area contributed by atoms with Crippen LogP contribution in [0.5, 0.6) is 5.75 Å². The first-order valence-electron chi connectivity index (χ1n) is 10.4. The molecule has 1 aliphatic rings. The predicted octanol–water partition coefficient (Wildman–Crippen LogP) is 3.06. The van der Waals surface area contributed by atoms with Crippen molar-refractivity contribution in [2.24, 2.45) is 5.73 Å². The van der Waals surface area contributed by atoms with E-state index in [0.29, 0.717) is 19.6 Å². The average molecular weight is 418 g/mol. The summed E-state index contributed by atoms with van der Waals surface area (Å²) in [6.07, 6.45) is 4.01. The Balaban J connectivity index is 1.52. The van der Waals surface area contributed by atoms with Gasteiger partial charge in [0, 0.05) is 38.4 Å². The summed E-state index contributed by atoms with van der Waals surface area (Å²) in [5, 5.41) is 0.